The summed E-state index contributed by atoms with van der Waals surface area (Å²) >= 11 is 0. The zero-order valence-electron chi connectivity index (χ0n) is 14.2. The van der Waals surface area contributed by atoms with Gasteiger partial charge in [-0.3, -0.25) is 34.9 Å². The first kappa shape index (κ1) is 18.7. The number of carbonyl (C=O) groups is 5. The predicted molar refractivity (Wildman–Crippen MR) is 83.5 cm³/mol. The van der Waals surface area contributed by atoms with Crippen LogP contribution in [0.25, 0.3) is 0 Å². The maximum absolute atomic E-state index is 12.7. The number of urea groups is 1. The van der Waals surface area contributed by atoms with Gasteiger partial charge in [0.1, 0.15) is 12.1 Å². The third kappa shape index (κ3) is 4.06. The average molecular weight is 354 g/mol. The number of ether oxygens (including phenoxy) is 1. The number of imide groups is 1. The molecule has 1 aliphatic heterocycles. The van der Waals surface area contributed by atoms with Gasteiger partial charge in [0.15, 0.2) is 6.61 Å². The van der Waals surface area contributed by atoms with E-state index in [9.17, 15) is 24.0 Å². The maximum Gasteiger partial charge on any atom is 0.326 e. The van der Waals surface area contributed by atoms with Gasteiger partial charge in [-0.1, -0.05) is 19.8 Å². The molecule has 0 aromatic carbocycles. The van der Waals surface area contributed by atoms with E-state index in [1.807, 2.05) is 17.8 Å². The Kier molecular flexibility index (Phi) is 5.60. The van der Waals surface area contributed by atoms with Crippen molar-refractivity contribution in [3.8, 4) is 0 Å². The molecule has 0 unspecified atom stereocenters. The Morgan fingerprint density at radius 2 is 2.00 bits per heavy atom. The first-order valence-corrected chi connectivity index (χ1v) is 8.11. The Balaban J connectivity index is 1.88. The summed E-state index contributed by atoms with van der Waals surface area (Å²) in [6, 6.07) is -0.626. The minimum absolute atomic E-state index is 0.0119. The van der Waals surface area contributed by atoms with Gasteiger partial charge in [0, 0.05) is 6.92 Å². The quantitative estimate of drug-likeness (QED) is 0.344. The van der Waals surface area contributed by atoms with E-state index >= 15 is 0 Å². The Bertz CT molecular complexity index is 607. The number of rotatable bonds is 4. The summed E-state index contributed by atoms with van der Waals surface area (Å²) in [7, 11) is 0. The highest BCUT2D eigenvalue weighted by atomic mass is 16.5. The highest BCUT2D eigenvalue weighted by Crippen LogP contribution is 2.38. The van der Waals surface area contributed by atoms with Crippen LogP contribution in [-0.4, -0.2) is 53.3 Å². The highest BCUT2D eigenvalue weighted by Gasteiger charge is 2.55. The van der Waals surface area contributed by atoms with Crippen molar-refractivity contribution < 1.29 is 28.7 Å². The van der Waals surface area contributed by atoms with Gasteiger partial charge in [-0.15, -0.1) is 0 Å². The SMILES string of the molecule is CC(=O)NNC(=O)COC(=O)CN1C(=O)N[C@]2(CCCC[C@@H]2C)C1=O. The number of hydrazine groups is 1. The van der Waals surface area contributed by atoms with Gasteiger partial charge in [0.25, 0.3) is 11.8 Å². The third-order valence-corrected chi connectivity index (χ3v) is 4.53. The molecule has 3 N–H and O–H groups in total. The molecule has 1 heterocycles. The fourth-order valence-corrected chi connectivity index (χ4v) is 3.15. The number of carbonyl (C=O) groups excluding carboxylic acids is 5. The molecule has 2 fully saturated rings. The van der Waals surface area contributed by atoms with E-state index < -0.39 is 48.4 Å². The fourth-order valence-electron chi connectivity index (χ4n) is 3.15. The summed E-state index contributed by atoms with van der Waals surface area (Å²) in [4.78, 5) is 59.4. The van der Waals surface area contributed by atoms with Crippen molar-refractivity contribution in [3.05, 3.63) is 0 Å². The number of nitrogens with zero attached hydrogens (tertiary/aromatic N) is 1. The standard InChI is InChI=1S/C15H22N4O6/c1-9-5-3-4-6-15(9)13(23)19(14(24)16-15)7-12(22)25-8-11(21)18-17-10(2)20/h9H,3-8H2,1-2H3,(H,16,24)(H,17,20)(H,18,21)/t9-,15-/m0/s1. The molecule has 0 aromatic heterocycles. The van der Waals surface area contributed by atoms with Gasteiger partial charge >= 0.3 is 12.0 Å². The molecular weight excluding hydrogens is 332 g/mol. The maximum atomic E-state index is 12.7. The molecule has 1 spiro atoms. The second-order valence-corrected chi connectivity index (χ2v) is 6.33. The van der Waals surface area contributed by atoms with Gasteiger partial charge in [-0.25, -0.2) is 4.79 Å². The van der Waals surface area contributed by atoms with E-state index in [1.54, 1.807) is 0 Å². The molecule has 0 bridgehead atoms. The molecule has 25 heavy (non-hydrogen) atoms. The first-order valence-electron chi connectivity index (χ1n) is 8.11. The van der Waals surface area contributed by atoms with Crippen molar-refractivity contribution in [1.29, 1.82) is 0 Å². The smallest absolute Gasteiger partial charge is 0.326 e. The van der Waals surface area contributed by atoms with Crippen molar-refractivity contribution in [2.24, 2.45) is 5.92 Å². The van der Waals surface area contributed by atoms with Crippen LogP contribution in [0.1, 0.15) is 39.5 Å². The Morgan fingerprint density at radius 1 is 1.28 bits per heavy atom. The molecule has 10 nitrogen and oxygen atoms in total. The monoisotopic (exact) mass is 354 g/mol. The summed E-state index contributed by atoms with van der Waals surface area (Å²) < 4.78 is 4.72. The number of esters is 1. The number of amides is 5. The Labute approximate surface area is 144 Å². The molecule has 2 atom stereocenters. The second-order valence-electron chi connectivity index (χ2n) is 6.33. The second kappa shape index (κ2) is 7.49. The summed E-state index contributed by atoms with van der Waals surface area (Å²) in [5.74, 6) is -2.54. The molecule has 10 heteroatoms. The molecule has 2 aliphatic rings. The van der Waals surface area contributed by atoms with Crippen LogP contribution >= 0.6 is 0 Å². The zero-order valence-corrected chi connectivity index (χ0v) is 14.2. The highest BCUT2D eigenvalue weighted by molar-refractivity contribution is 6.09. The minimum atomic E-state index is -0.946. The van der Waals surface area contributed by atoms with Crippen LogP contribution in [0.5, 0.6) is 0 Å². The fraction of sp³-hybridized carbons (Fsp3) is 0.667. The van der Waals surface area contributed by atoms with E-state index in [0.29, 0.717) is 6.42 Å². The van der Waals surface area contributed by atoms with Gasteiger partial charge in [0.05, 0.1) is 0 Å². The lowest BCUT2D eigenvalue weighted by molar-refractivity contribution is -0.151. The van der Waals surface area contributed by atoms with Gasteiger partial charge < -0.3 is 10.1 Å². The van der Waals surface area contributed by atoms with E-state index in [4.69, 9.17) is 4.74 Å². The Hall–Kier alpha value is -2.65. The topological polar surface area (TPSA) is 134 Å². The summed E-state index contributed by atoms with van der Waals surface area (Å²) in [5, 5.41) is 2.72. The molecular formula is C15H22N4O6. The third-order valence-electron chi connectivity index (χ3n) is 4.53. The van der Waals surface area contributed by atoms with Crippen LogP contribution in [0.4, 0.5) is 4.79 Å². The van der Waals surface area contributed by atoms with Crippen molar-refractivity contribution in [1.82, 2.24) is 21.1 Å². The van der Waals surface area contributed by atoms with Crippen LogP contribution < -0.4 is 16.2 Å². The van der Waals surface area contributed by atoms with Crippen LogP contribution in [0.15, 0.2) is 0 Å². The van der Waals surface area contributed by atoms with Crippen molar-refractivity contribution >= 4 is 29.7 Å². The number of hydrogen-bond acceptors (Lipinski definition) is 6. The normalized spacial score (nSPS) is 25.5. The zero-order chi connectivity index (χ0) is 18.6. The molecule has 1 saturated heterocycles. The van der Waals surface area contributed by atoms with E-state index in [0.717, 1.165) is 24.2 Å². The van der Waals surface area contributed by atoms with E-state index in [-0.39, 0.29) is 5.92 Å². The van der Waals surface area contributed by atoms with E-state index in [2.05, 4.69) is 5.32 Å². The van der Waals surface area contributed by atoms with Gasteiger partial charge in [-0.05, 0) is 18.8 Å². The lowest BCUT2D eigenvalue weighted by Gasteiger charge is -2.36. The molecule has 0 radical (unpaired) electrons. The average Bonchev–Trinajstić information content (AvgIpc) is 2.79. The lowest BCUT2D eigenvalue weighted by Crippen LogP contribution is -2.54. The first-order chi connectivity index (χ1) is 11.8. The molecule has 138 valence electrons. The van der Waals surface area contributed by atoms with Crippen LogP contribution in [0.2, 0.25) is 0 Å². The van der Waals surface area contributed by atoms with Crippen LogP contribution in [0.3, 0.4) is 0 Å². The molecule has 0 aromatic rings. The minimum Gasteiger partial charge on any atom is -0.454 e. The molecule has 2 rings (SSSR count). The molecule has 1 aliphatic carbocycles. The van der Waals surface area contributed by atoms with Crippen LogP contribution in [-0.2, 0) is 23.9 Å². The Morgan fingerprint density at radius 3 is 2.64 bits per heavy atom. The largest absolute Gasteiger partial charge is 0.454 e. The summed E-state index contributed by atoms with van der Waals surface area (Å²) in [5.41, 5.74) is 3.12. The van der Waals surface area contributed by atoms with Gasteiger partial charge in [-0.2, -0.15) is 0 Å². The molecule has 5 amide bonds. The van der Waals surface area contributed by atoms with E-state index in [1.165, 1.54) is 6.92 Å². The summed E-state index contributed by atoms with van der Waals surface area (Å²) in [6.07, 6.45) is 3.20. The predicted octanol–water partition coefficient (Wildman–Crippen LogP) is -0.802. The number of hydrogen-bond donors (Lipinski definition) is 3. The van der Waals surface area contributed by atoms with Crippen molar-refractivity contribution in [3.63, 3.8) is 0 Å². The molecule has 1 saturated carbocycles. The summed E-state index contributed by atoms with van der Waals surface area (Å²) in [6.45, 7) is 1.91. The van der Waals surface area contributed by atoms with Crippen molar-refractivity contribution in [2.45, 2.75) is 45.1 Å². The van der Waals surface area contributed by atoms with Crippen molar-refractivity contribution in [2.75, 3.05) is 13.2 Å². The van der Waals surface area contributed by atoms with Crippen LogP contribution in [0, 0.1) is 5.92 Å². The number of nitrogens with one attached hydrogen (secondary N) is 3. The lowest BCUT2D eigenvalue weighted by atomic mass is 9.73. The van der Waals surface area contributed by atoms with Gasteiger partial charge in [0.2, 0.25) is 5.91 Å².